The molecule has 6 nitrogen and oxygen atoms in total. The van der Waals surface area contributed by atoms with Crippen LogP contribution in [-0.4, -0.2) is 45.0 Å². The summed E-state index contributed by atoms with van der Waals surface area (Å²) in [5, 5.41) is 2.79. The van der Waals surface area contributed by atoms with E-state index in [0.29, 0.717) is 12.1 Å². The third-order valence-corrected chi connectivity index (χ3v) is 6.02. The van der Waals surface area contributed by atoms with Crippen LogP contribution in [0.3, 0.4) is 0 Å². The molecule has 0 unspecified atom stereocenters. The molecule has 0 atom stereocenters. The minimum absolute atomic E-state index is 0.104. The fourth-order valence-corrected chi connectivity index (χ4v) is 3.62. The van der Waals surface area contributed by atoms with Gasteiger partial charge in [0.15, 0.2) is 0 Å². The predicted octanol–water partition coefficient (Wildman–Crippen LogP) is 2.19. The number of hydrogen-bond donors (Lipinski definition) is 1. The van der Waals surface area contributed by atoms with Gasteiger partial charge in [-0.15, -0.1) is 0 Å². The Bertz CT molecular complexity index is 771. The van der Waals surface area contributed by atoms with Crippen LogP contribution in [0.15, 0.2) is 52.0 Å². The van der Waals surface area contributed by atoms with Crippen molar-refractivity contribution in [1.82, 2.24) is 9.62 Å². The van der Waals surface area contributed by atoms with Gasteiger partial charge >= 0.3 is 0 Å². The van der Waals surface area contributed by atoms with Gasteiger partial charge in [-0.05, 0) is 30.3 Å². The van der Waals surface area contributed by atoms with Crippen LogP contribution < -0.4 is 5.32 Å². The molecule has 0 bridgehead atoms. The fraction of sp³-hybridized carbons (Fsp3) is 0.312. The smallest absolute Gasteiger partial charge is 0.251 e. The van der Waals surface area contributed by atoms with E-state index < -0.39 is 10.0 Å². The Morgan fingerprint density at radius 1 is 1.25 bits per heavy atom. The van der Waals surface area contributed by atoms with Crippen molar-refractivity contribution in [1.29, 1.82) is 0 Å². The van der Waals surface area contributed by atoms with Gasteiger partial charge in [0.2, 0.25) is 10.0 Å². The summed E-state index contributed by atoms with van der Waals surface area (Å²) in [4.78, 5) is 12.2. The van der Waals surface area contributed by atoms with E-state index in [1.54, 1.807) is 30.2 Å². The molecule has 1 amide bonds. The van der Waals surface area contributed by atoms with E-state index in [4.69, 9.17) is 4.42 Å². The summed E-state index contributed by atoms with van der Waals surface area (Å²) in [6.07, 6.45) is 1.63. The van der Waals surface area contributed by atoms with Gasteiger partial charge in [0.25, 0.3) is 5.91 Å². The van der Waals surface area contributed by atoms with Crippen molar-refractivity contribution in [3.63, 3.8) is 0 Å². The van der Waals surface area contributed by atoms with Crippen LogP contribution in [-0.2, 0) is 15.8 Å². The number of rotatable bonds is 8. The van der Waals surface area contributed by atoms with E-state index in [1.807, 2.05) is 12.1 Å². The molecule has 0 radical (unpaired) electrons. The third kappa shape index (κ3) is 4.86. The summed E-state index contributed by atoms with van der Waals surface area (Å²) in [6, 6.07) is 9.78. The standard InChI is InChI=1S/C16H20N2O4S2/c1-18(2)24(20,21)15-7-3-5-13(11-15)16(19)17-8-10-23-12-14-6-4-9-22-14/h3-7,9,11H,8,10,12H2,1-2H3,(H,17,19). The van der Waals surface area contributed by atoms with Crippen LogP contribution in [0.4, 0.5) is 0 Å². The molecule has 0 aliphatic heterocycles. The summed E-state index contributed by atoms with van der Waals surface area (Å²) in [6.45, 7) is 0.495. The lowest BCUT2D eigenvalue weighted by Crippen LogP contribution is -2.26. The first-order valence-corrected chi connectivity index (χ1v) is 9.91. The molecular formula is C16H20N2O4S2. The zero-order chi connectivity index (χ0) is 17.6. The Morgan fingerprint density at radius 3 is 2.71 bits per heavy atom. The molecule has 0 aliphatic carbocycles. The predicted molar refractivity (Wildman–Crippen MR) is 94.5 cm³/mol. The fourth-order valence-electron chi connectivity index (χ4n) is 1.91. The van der Waals surface area contributed by atoms with Gasteiger partial charge in [0.1, 0.15) is 5.76 Å². The number of hydrogen-bond acceptors (Lipinski definition) is 5. The van der Waals surface area contributed by atoms with Crippen LogP contribution in [0, 0.1) is 0 Å². The number of furan rings is 1. The summed E-state index contributed by atoms with van der Waals surface area (Å²) in [5.41, 5.74) is 0.328. The first-order valence-electron chi connectivity index (χ1n) is 7.32. The molecule has 8 heteroatoms. The number of nitrogens with one attached hydrogen (secondary N) is 1. The minimum Gasteiger partial charge on any atom is -0.468 e. The maximum absolute atomic E-state index is 12.1. The molecule has 1 aromatic heterocycles. The van der Waals surface area contributed by atoms with Gasteiger partial charge < -0.3 is 9.73 Å². The zero-order valence-corrected chi connectivity index (χ0v) is 15.2. The first-order chi connectivity index (χ1) is 11.4. The van der Waals surface area contributed by atoms with Gasteiger partial charge in [-0.3, -0.25) is 4.79 Å². The highest BCUT2D eigenvalue weighted by atomic mass is 32.2. The summed E-state index contributed by atoms with van der Waals surface area (Å²) in [7, 11) is -0.635. The van der Waals surface area contributed by atoms with Crippen LogP contribution in [0.2, 0.25) is 0 Å². The largest absolute Gasteiger partial charge is 0.468 e. The monoisotopic (exact) mass is 368 g/mol. The molecule has 0 aliphatic rings. The second kappa shape index (κ2) is 8.36. The maximum atomic E-state index is 12.1. The Balaban J connectivity index is 1.86. The van der Waals surface area contributed by atoms with Gasteiger partial charge in [0.05, 0.1) is 16.9 Å². The van der Waals surface area contributed by atoms with Crippen LogP contribution >= 0.6 is 11.8 Å². The highest BCUT2D eigenvalue weighted by Crippen LogP contribution is 2.15. The van der Waals surface area contributed by atoms with Gasteiger partial charge in [0, 0.05) is 32.0 Å². The second-order valence-electron chi connectivity index (χ2n) is 5.20. The van der Waals surface area contributed by atoms with E-state index in [1.165, 1.54) is 26.2 Å². The number of amides is 1. The second-order valence-corrected chi connectivity index (χ2v) is 8.46. The lowest BCUT2D eigenvalue weighted by atomic mass is 10.2. The van der Waals surface area contributed by atoms with Crippen LogP contribution in [0.1, 0.15) is 16.1 Å². The average Bonchev–Trinajstić information content (AvgIpc) is 3.07. The summed E-state index contributed by atoms with van der Waals surface area (Å²) < 4.78 is 30.5. The summed E-state index contributed by atoms with van der Waals surface area (Å²) in [5.74, 6) is 2.10. The first kappa shape index (κ1) is 18.6. The molecular weight excluding hydrogens is 348 g/mol. The van der Waals surface area contributed by atoms with E-state index in [-0.39, 0.29) is 10.8 Å². The number of benzene rings is 1. The number of carbonyl (C=O) groups is 1. The molecule has 130 valence electrons. The highest BCUT2D eigenvalue weighted by Gasteiger charge is 2.18. The lowest BCUT2D eigenvalue weighted by molar-refractivity contribution is 0.0956. The van der Waals surface area contributed by atoms with Crippen molar-refractivity contribution < 1.29 is 17.6 Å². The van der Waals surface area contributed by atoms with Crippen LogP contribution in [0.25, 0.3) is 0 Å². The van der Waals surface area contributed by atoms with Crippen molar-refractivity contribution >= 4 is 27.7 Å². The molecule has 1 aromatic carbocycles. The summed E-state index contributed by atoms with van der Waals surface area (Å²) >= 11 is 1.65. The molecule has 2 rings (SSSR count). The topological polar surface area (TPSA) is 79.6 Å². The Kier molecular flexibility index (Phi) is 6.47. The average molecular weight is 368 g/mol. The molecule has 0 spiro atoms. The van der Waals surface area contributed by atoms with Crippen LogP contribution in [0.5, 0.6) is 0 Å². The van der Waals surface area contributed by atoms with Crippen molar-refractivity contribution in [3.05, 3.63) is 54.0 Å². The van der Waals surface area contributed by atoms with E-state index in [0.717, 1.165) is 21.6 Å². The van der Waals surface area contributed by atoms with Crippen molar-refractivity contribution in [2.45, 2.75) is 10.6 Å². The van der Waals surface area contributed by atoms with Gasteiger partial charge in [-0.1, -0.05) is 6.07 Å². The Hall–Kier alpha value is -1.77. The Labute approximate surface area is 146 Å². The lowest BCUT2D eigenvalue weighted by Gasteiger charge is -2.12. The van der Waals surface area contributed by atoms with E-state index in [9.17, 15) is 13.2 Å². The molecule has 0 fully saturated rings. The van der Waals surface area contributed by atoms with Crippen molar-refractivity contribution in [2.24, 2.45) is 0 Å². The van der Waals surface area contributed by atoms with Gasteiger partial charge in [-0.2, -0.15) is 11.8 Å². The highest BCUT2D eigenvalue weighted by molar-refractivity contribution is 7.98. The zero-order valence-electron chi connectivity index (χ0n) is 13.6. The molecule has 0 saturated heterocycles. The molecule has 2 aromatic rings. The third-order valence-electron chi connectivity index (χ3n) is 3.23. The minimum atomic E-state index is -3.55. The van der Waals surface area contributed by atoms with E-state index >= 15 is 0 Å². The number of thioether (sulfide) groups is 1. The SMILES string of the molecule is CN(C)S(=O)(=O)c1cccc(C(=O)NCCSCc2ccco2)c1. The number of sulfonamides is 1. The normalized spacial score (nSPS) is 11.6. The maximum Gasteiger partial charge on any atom is 0.251 e. The molecule has 0 saturated carbocycles. The van der Waals surface area contributed by atoms with Crippen molar-refractivity contribution in [3.8, 4) is 0 Å². The Morgan fingerprint density at radius 2 is 2.04 bits per heavy atom. The molecule has 1 heterocycles. The van der Waals surface area contributed by atoms with E-state index in [2.05, 4.69) is 5.32 Å². The molecule has 24 heavy (non-hydrogen) atoms. The molecule has 1 N–H and O–H groups in total. The number of nitrogens with zero attached hydrogens (tertiary/aromatic N) is 1. The van der Waals surface area contributed by atoms with Crippen molar-refractivity contribution in [2.75, 3.05) is 26.4 Å². The van der Waals surface area contributed by atoms with Gasteiger partial charge in [-0.25, -0.2) is 12.7 Å². The number of carbonyl (C=O) groups excluding carboxylic acids is 1. The quantitative estimate of drug-likeness (QED) is 0.723.